The predicted octanol–water partition coefficient (Wildman–Crippen LogP) is 2.39. The van der Waals surface area contributed by atoms with E-state index < -0.39 is 0 Å². The number of anilines is 2. The molecule has 0 unspecified atom stereocenters. The molecule has 1 aliphatic rings. The summed E-state index contributed by atoms with van der Waals surface area (Å²) in [6.07, 6.45) is 1.87. The van der Waals surface area contributed by atoms with Gasteiger partial charge in [0, 0.05) is 17.1 Å². The second-order valence-corrected chi connectivity index (χ2v) is 5.96. The maximum absolute atomic E-state index is 9.45. The molecule has 8 heteroatoms. The van der Waals surface area contributed by atoms with Gasteiger partial charge in [0.1, 0.15) is 0 Å². The number of hydrogen-bond donors (Lipinski definition) is 2. The average Bonchev–Trinajstić information content (AvgIpc) is 2.97. The quantitative estimate of drug-likeness (QED) is 0.892. The molecule has 1 aromatic carbocycles. The zero-order chi connectivity index (χ0) is 15.7. The summed E-state index contributed by atoms with van der Waals surface area (Å²) in [4.78, 5) is 14.7. The lowest BCUT2D eigenvalue weighted by molar-refractivity contribution is 0.265. The van der Waals surface area contributed by atoms with Crippen molar-refractivity contribution in [2.24, 2.45) is 0 Å². The van der Waals surface area contributed by atoms with Gasteiger partial charge >= 0.3 is 0 Å². The minimum Gasteiger partial charge on any atom is -0.394 e. The summed E-state index contributed by atoms with van der Waals surface area (Å²) in [6.45, 7) is 0.830. The van der Waals surface area contributed by atoms with Gasteiger partial charge in [0.25, 0.3) is 0 Å². The van der Waals surface area contributed by atoms with E-state index in [1.165, 1.54) is 0 Å². The van der Waals surface area contributed by atoms with Gasteiger partial charge in [-0.3, -0.25) is 0 Å². The second kappa shape index (κ2) is 6.24. The third kappa shape index (κ3) is 2.95. The topological polar surface area (TPSA) is 88.2 Å². The minimum atomic E-state index is 0.00415. The fourth-order valence-electron chi connectivity index (χ4n) is 2.59. The highest BCUT2D eigenvalue weighted by Crippen LogP contribution is 2.30. The molecule has 1 aliphatic heterocycles. The lowest BCUT2D eigenvalue weighted by atomic mass is 10.2. The van der Waals surface area contributed by atoms with Gasteiger partial charge in [-0.05, 0) is 31.0 Å². The van der Waals surface area contributed by atoms with Crippen LogP contribution in [0.2, 0.25) is 10.0 Å². The molecule has 3 rings (SSSR count). The highest BCUT2D eigenvalue weighted by Gasteiger charge is 2.27. The number of nitrogens with two attached hydrogens (primary N) is 1. The first kappa shape index (κ1) is 15.3. The molecule has 0 amide bonds. The number of rotatable bonds is 3. The van der Waals surface area contributed by atoms with Crippen molar-refractivity contribution in [1.29, 1.82) is 0 Å². The molecule has 3 N–H and O–H groups in total. The van der Waals surface area contributed by atoms with E-state index in [9.17, 15) is 5.11 Å². The number of nitrogen functional groups attached to an aromatic ring is 1. The molecule has 0 radical (unpaired) electrons. The van der Waals surface area contributed by atoms with Crippen LogP contribution in [0.25, 0.3) is 11.4 Å². The summed E-state index contributed by atoms with van der Waals surface area (Å²) in [7, 11) is 0. The normalized spacial score (nSPS) is 18.0. The van der Waals surface area contributed by atoms with Crippen molar-refractivity contribution in [3.8, 4) is 11.4 Å². The number of aliphatic hydroxyl groups is 1. The highest BCUT2D eigenvalue weighted by molar-refractivity contribution is 6.35. The molecular formula is C14H15Cl2N5O. The summed E-state index contributed by atoms with van der Waals surface area (Å²) < 4.78 is 0. The molecule has 116 valence electrons. The maximum Gasteiger partial charge on any atom is 0.231 e. The van der Waals surface area contributed by atoms with E-state index in [0.717, 1.165) is 19.4 Å². The number of aromatic nitrogens is 3. The van der Waals surface area contributed by atoms with Crippen molar-refractivity contribution >= 4 is 35.1 Å². The van der Waals surface area contributed by atoms with Crippen molar-refractivity contribution in [2.45, 2.75) is 18.9 Å². The van der Waals surface area contributed by atoms with E-state index in [1.807, 2.05) is 4.90 Å². The molecule has 0 saturated carbocycles. The Morgan fingerprint density at radius 2 is 2.09 bits per heavy atom. The van der Waals surface area contributed by atoms with E-state index in [4.69, 9.17) is 28.9 Å². The van der Waals surface area contributed by atoms with Crippen LogP contribution >= 0.6 is 23.2 Å². The van der Waals surface area contributed by atoms with Gasteiger partial charge in [-0.25, -0.2) is 0 Å². The Bertz CT molecular complexity index is 697. The first-order valence-corrected chi connectivity index (χ1v) is 7.68. The van der Waals surface area contributed by atoms with Crippen molar-refractivity contribution in [2.75, 3.05) is 23.8 Å². The van der Waals surface area contributed by atoms with Crippen LogP contribution in [0.1, 0.15) is 12.8 Å². The Morgan fingerprint density at radius 3 is 2.86 bits per heavy atom. The zero-order valence-electron chi connectivity index (χ0n) is 11.7. The number of aliphatic hydroxyl groups excluding tert-OH is 1. The van der Waals surface area contributed by atoms with Gasteiger partial charge in [-0.1, -0.05) is 23.2 Å². The van der Waals surface area contributed by atoms with Gasteiger partial charge in [-0.2, -0.15) is 15.0 Å². The van der Waals surface area contributed by atoms with Crippen molar-refractivity contribution in [3.63, 3.8) is 0 Å². The molecule has 6 nitrogen and oxygen atoms in total. The number of halogens is 2. The molecule has 1 saturated heterocycles. The first-order valence-electron chi connectivity index (χ1n) is 6.93. The van der Waals surface area contributed by atoms with Crippen LogP contribution in [0.3, 0.4) is 0 Å². The Kier molecular flexibility index (Phi) is 4.33. The number of hydrogen-bond acceptors (Lipinski definition) is 6. The van der Waals surface area contributed by atoms with Gasteiger partial charge in [0.15, 0.2) is 5.82 Å². The molecule has 0 aliphatic carbocycles. The third-order valence-corrected chi connectivity index (χ3v) is 4.22. The molecule has 1 atom stereocenters. The van der Waals surface area contributed by atoms with Crippen molar-refractivity contribution in [3.05, 3.63) is 28.2 Å². The Morgan fingerprint density at radius 1 is 1.27 bits per heavy atom. The molecule has 0 bridgehead atoms. The van der Waals surface area contributed by atoms with E-state index in [-0.39, 0.29) is 18.6 Å². The Balaban J connectivity index is 2.05. The van der Waals surface area contributed by atoms with Gasteiger partial charge in [0.2, 0.25) is 11.9 Å². The van der Waals surface area contributed by atoms with Crippen LogP contribution in [-0.4, -0.2) is 39.3 Å². The summed E-state index contributed by atoms with van der Waals surface area (Å²) in [6, 6.07) is 5.08. The van der Waals surface area contributed by atoms with E-state index in [1.54, 1.807) is 18.2 Å². The Hall–Kier alpha value is -1.63. The summed E-state index contributed by atoms with van der Waals surface area (Å²) in [5.74, 6) is 0.938. The minimum absolute atomic E-state index is 0.00415. The molecule has 22 heavy (non-hydrogen) atoms. The fraction of sp³-hybridized carbons (Fsp3) is 0.357. The molecular weight excluding hydrogens is 325 g/mol. The summed E-state index contributed by atoms with van der Waals surface area (Å²) in [5.41, 5.74) is 6.41. The zero-order valence-corrected chi connectivity index (χ0v) is 13.2. The maximum atomic E-state index is 9.45. The first-order chi connectivity index (χ1) is 10.6. The van der Waals surface area contributed by atoms with Crippen LogP contribution in [0.4, 0.5) is 11.9 Å². The summed E-state index contributed by atoms with van der Waals surface area (Å²) >= 11 is 12.2. The second-order valence-electron chi connectivity index (χ2n) is 5.11. The van der Waals surface area contributed by atoms with Crippen molar-refractivity contribution in [1.82, 2.24) is 15.0 Å². The summed E-state index contributed by atoms with van der Waals surface area (Å²) in [5, 5.41) is 10.5. The lowest BCUT2D eigenvalue weighted by Crippen LogP contribution is -2.33. The fourth-order valence-corrected chi connectivity index (χ4v) is 2.96. The van der Waals surface area contributed by atoms with Crippen LogP contribution < -0.4 is 10.6 Å². The van der Waals surface area contributed by atoms with Crippen LogP contribution in [0.15, 0.2) is 18.2 Å². The van der Waals surface area contributed by atoms with Gasteiger partial charge in [0.05, 0.1) is 17.7 Å². The monoisotopic (exact) mass is 339 g/mol. The molecule has 1 fully saturated rings. The van der Waals surface area contributed by atoms with Gasteiger partial charge < -0.3 is 15.7 Å². The van der Waals surface area contributed by atoms with Crippen LogP contribution in [0, 0.1) is 0 Å². The van der Waals surface area contributed by atoms with E-state index >= 15 is 0 Å². The third-order valence-electron chi connectivity index (χ3n) is 3.65. The smallest absolute Gasteiger partial charge is 0.231 e. The number of benzene rings is 1. The van der Waals surface area contributed by atoms with Crippen LogP contribution in [-0.2, 0) is 0 Å². The van der Waals surface area contributed by atoms with E-state index in [0.29, 0.717) is 27.4 Å². The molecule has 0 spiro atoms. The Labute approximate surface area is 137 Å². The lowest BCUT2D eigenvalue weighted by Gasteiger charge is -2.23. The van der Waals surface area contributed by atoms with Crippen LogP contribution in [0.5, 0.6) is 0 Å². The predicted molar refractivity (Wildman–Crippen MR) is 87.1 cm³/mol. The SMILES string of the molecule is Nc1nc(-c2cc(Cl)ccc2Cl)nc(N2CCC[C@@H]2CO)n1. The van der Waals surface area contributed by atoms with Gasteiger partial charge in [-0.15, -0.1) is 0 Å². The average molecular weight is 340 g/mol. The molecule has 2 heterocycles. The molecule has 1 aromatic heterocycles. The largest absolute Gasteiger partial charge is 0.394 e. The standard InChI is InChI=1S/C14H15Cl2N5O/c15-8-3-4-11(16)10(6-8)12-18-13(17)20-14(19-12)21-5-1-2-9(21)7-22/h3-4,6,9,22H,1-2,5,7H2,(H2,17,18,19,20)/t9-/m1/s1. The number of nitrogens with zero attached hydrogens (tertiary/aromatic N) is 4. The molecule has 2 aromatic rings. The highest BCUT2D eigenvalue weighted by atomic mass is 35.5. The van der Waals surface area contributed by atoms with E-state index in [2.05, 4.69) is 15.0 Å². The van der Waals surface area contributed by atoms with Crippen molar-refractivity contribution < 1.29 is 5.11 Å².